The van der Waals surface area contributed by atoms with Crippen molar-refractivity contribution >= 4 is 10.8 Å². The van der Waals surface area contributed by atoms with Crippen molar-refractivity contribution in [3.63, 3.8) is 0 Å². The molecule has 3 aliphatic carbocycles. The van der Waals surface area contributed by atoms with Crippen molar-refractivity contribution in [1.29, 1.82) is 0 Å². The Bertz CT molecular complexity index is 3690. The Labute approximate surface area is 391 Å². The van der Waals surface area contributed by atoms with Crippen molar-refractivity contribution in [3.8, 4) is 67.3 Å². The average Bonchev–Trinajstić information content (AvgIpc) is 3.86. The number of allylic oxidation sites excluding steroid dienone is 5. The smallest absolute Gasteiger partial charge is 0.160 e. The molecule has 3 aliphatic rings. The molecule has 0 radical (unpaired) electrons. The van der Waals surface area contributed by atoms with Crippen LogP contribution in [-0.4, -0.2) is 9.97 Å². The lowest BCUT2D eigenvalue weighted by molar-refractivity contribution is 0.623. The summed E-state index contributed by atoms with van der Waals surface area (Å²) >= 11 is 0. The van der Waals surface area contributed by atoms with Gasteiger partial charge in [0.1, 0.15) is 0 Å². The van der Waals surface area contributed by atoms with Gasteiger partial charge in [-0.15, -0.1) is 0 Å². The summed E-state index contributed by atoms with van der Waals surface area (Å²) in [5.41, 5.74) is 21.6. The quantitative estimate of drug-likeness (QED) is 0.156. The summed E-state index contributed by atoms with van der Waals surface area (Å²) in [5, 5.41) is 2.35. The van der Waals surface area contributed by atoms with Crippen LogP contribution in [0.15, 0.2) is 254 Å². The summed E-state index contributed by atoms with van der Waals surface area (Å²) < 4.78 is 0. The van der Waals surface area contributed by atoms with Gasteiger partial charge < -0.3 is 0 Å². The van der Waals surface area contributed by atoms with Crippen LogP contribution >= 0.6 is 0 Å². The lowest BCUT2D eigenvalue weighted by Gasteiger charge is -2.49. The molecule has 2 nitrogen and oxygen atoms in total. The van der Waals surface area contributed by atoms with E-state index >= 15 is 0 Å². The van der Waals surface area contributed by atoms with E-state index in [1.165, 1.54) is 77.6 Å². The Balaban J connectivity index is 1.03. The third kappa shape index (κ3) is 5.51. The zero-order valence-electron chi connectivity index (χ0n) is 37.1. The molecule has 0 bridgehead atoms. The van der Waals surface area contributed by atoms with Gasteiger partial charge in [-0.3, -0.25) is 0 Å². The lowest BCUT2D eigenvalue weighted by atomic mass is 9.52. The molecule has 0 aliphatic heterocycles. The van der Waals surface area contributed by atoms with Gasteiger partial charge in [0.2, 0.25) is 0 Å². The molecule has 0 amide bonds. The van der Waals surface area contributed by atoms with E-state index in [-0.39, 0.29) is 0 Å². The van der Waals surface area contributed by atoms with Crippen molar-refractivity contribution in [2.45, 2.75) is 17.8 Å². The van der Waals surface area contributed by atoms with Crippen LogP contribution in [0.25, 0.3) is 78.1 Å². The fraction of sp³-hybridized carbons (Fsp3) is 0.0462. The zero-order chi connectivity index (χ0) is 44.7. The molecule has 1 aromatic heterocycles. The fourth-order valence-electron chi connectivity index (χ4n) is 12.1. The predicted octanol–water partition coefficient (Wildman–Crippen LogP) is 16.0. The minimum absolute atomic E-state index is 0.526. The molecule has 1 heterocycles. The normalized spacial score (nSPS) is 16.0. The third-order valence-corrected chi connectivity index (χ3v) is 14.8. The zero-order valence-corrected chi connectivity index (χ0v) is 37.1. The average molecular weight is 853 g/mol. The Morgan fingerprint density at radius 3 is 1.61 bits per heavy atom. The van der Waals surface area contributed by atoms with Crippen LogP contribution in [0.4, 0.5) is 0 Å². The highest BCUT2D eigenvalue weighted by atomic mass is 14.9. The number of hydrogen-bond acceptors (Lipinski definition) is 2. The first-order valence-corrected chi connectivity index (χ1v) is 23.2. The van der Waals surface area contributed by atoms with E-state index in [0.29, 0.717) is 5.82 Å². The number of benzene rings is 9. The van der Waals surface area contributed by atoms with Gasteiger partial charge in [-0.25, -0.2) is 9.97 Å². The molecular weight excluding hydrogens is 809 g/mol. The van der Waals surface area contributed by atoms with Crippen molar-refractivity contribution in [2.75, 3.05) is 0 Å². The van der Waals surface area contributed by atoms with E-state index in [2.05, 4.69) is 238 Å². The van der Waals surface area contributed by atoms with Crippen molar-refractivity contribution < 1.29 is 0 Å². The molecule has 13 rings (SSSR count). The van der Waals surface area contributed by atoms with Crippen LogP contribution in [-0.2, 0) is 10.8 Å². The molecule has 67 heavy (non-hydrogen) atoms. The van der Waals surface area contributed by atoms with E-state index < -0.39 is 10.8 Å². The highest BCUT2D eigenvalue weighted by Gasteiger charge is 2.58. The van der Waals surface area contributed by atoms with Gasteiger partial charge in [0, 0.05) is 16.7 Å². The number of aromatic nitrogens is 2. The van der Waals surface area contributed by atoms with E-state index in [9.17, 15) is 0 Å². The summed E-state index contributed by atoms with van der Waals surface area (Å²) in [5.74, 6) is 0.692. The van der Waals surface area contributed by atoms with Crippen LogP contribution in [0.2, 0.25) is 0 Å². The molecule has 0 saturated carbocycles. The van der Waals surface area contributed by atoms with Gasteiger partial charge in [-0.2, -0.15) is 0 Å². The first-order valence-electron chi connectivity index (χ1n) is 23.2. The Morgan fingerprint density at radius 1 is 0.388 bits per heavy atom. The molecule has 1 unspecified atom stereocenters. The fourth-order valence-corrected chi connectivity index (χ4v) is 12.1. The minimum Gasteiger partial charge on any atom is -0.228 e. The summed E-state index contributed by atoms with van der Waals surface area (Å²) in [7, 11) is 0. The van der Waals surface area contributed by atoms with Gasteiger partial charge in [-0.05, 0) is 114 Å². The van der Waals surface area contributed by atoms with E-state index in [4.69, 9.17) is 9.97 Å². The second-order valence-corrected chi connectivity index (χ2v) is 18.0. The van der Waals surface area contributed by atoms with Crippen LogP contribution in [0.3, 0.4) is 0 Å². The number of hydrogen-bond donors (Lipinski definition) is 0. The number of fused-ring (bicyclic) bond motifs is 14. The van der Waals surface area contributed by atoms with Gasteiger partial charge in [0.25, 0.3) is 0 Å². The number of rotatable bonds is 6. The van der Waals surface area contributed by atoms with E-state index in [1.807, 2.05) is 12.1 Å². The molecule has 0 saturated heterocycles. The molecule has 314 valence electrons. The SMILES string of the molecule is C=C/C=C\C1=C(C)C2(c3ccccc3-c3ccc(-c4cccc(-c5nc(-c6ccccc6)cc(-c6cccc7ccccc67)n5)c4)cc32)c2ccccc2C12c1ccccc1-c1ccccc12. The standard InChI is InChI=1S/C65H44N2/c1-3-4-31-54-42(2)64(58-35-16-17-36-59(58)65(54)56-33-14-11-27-49(56)50-28-12-15-34-57(50)65)55-32-13-10-29-51(55)52-38-37-46(40-60(52)64)45-24-18-25-47(39-45)63-66-61(44-21-6-5-7-22-44)41-62(67-63)53-30-19-23-43-20-8-9-26-48(43)53/h3-41H,1H2,2H3/b31-4-. The minimum atomic E-state index is -0.574. The van der Waals surface area contributed by atoms with E-state index in [1.54, 1.807) is 0 Å². The molecule has 2 heteroatoms. The van der Waals surface area contributed by atoms with Crippen LogP contribution in [0.5, 0.6) is 0 Å². The summed E-state index contributed by atoms with van der Waals surface area (Å²) in [4.78, 5) is 10.6. The van der Waals surface area contributed by atoms with Crippen LogP contribution in [0.1, 0.15) is 40.3 Å². The highest BCUT2D eigenvalue weighted by molar-refractivity contribution is 5.97. The third-order valence-electron chi connectivity index (χ3n) is 14.8. The van der Waals surface area contributed by atoms with E-state index in [0.717, 1.165) is 39.2 Å². The van der Waals surface area contributed by atoms with Gasteiger partial charge in [0.15, 0.2) is 5.82 Å². The predicted molar refractivity (Wildman–Crippen MR) is 277 cm³/mol. The first kappa shape index (κ1) is 39.0. The molecule has 0 N–H and O–H groups in total. The van der Waals surface area contributed by atoms with Crippen LogP contribution < -0.4 is 0 Å². The maximum Gasteiger partial charge on any atom is 0.160 e. The topological polar surface area (TPSA) is 25.8 Å². The molecule has 0 fully saturated rings. The van der Waals surface area contributed by atoms with Crippen LogP contribution in [0, 0.1) is 0 Å². The second-order valence-electron chi connectivity index (χ2n) is 18.0. The first-order chi connectivity index (χ1) is 33.1. The number of nitrogens with zero attached hydrogens (tertiary/aromatic N) is 2. The summed E-state index contributed by atoms with van der Waals surface area (Å²) in [6.07, 6.45) is 6.40. The molecular formula is C65H44N2. The second kappa shape index (κ2) is 15.1. The van der Waals surface area contributed by atoms with Gasteiger partial charge >= 0.3 is 0 Å². The largest absolute Gasteiger partial charge is 0.228 e. The highest BCUT2D eigenvalue weighted by Crippen LogP contribution is 2.67. The summed E-state index contributed by atoms with van der Waals surface area (Å²) in [6, 6.07) is 79.9. The molecule has 2 spiro atoms. The molecule has 10 aromatic rings. The van der Waals surface area contributed by atoms with Crippen molar-refractivity contribution in [1.82, 2.24) is 9.97 Å². The molecule has 9 aromatic carbocycles. The van der Waals surface area contributed by atoms with Crippen molar-refractivity contribution in [2.24, 2.45) is 0 Å². The maximum atomic E-state index is 5.34. The monoisotopic (exact) mass is 852 g/mol. The molecule has 1 atom stereocenters. The summed E-state index contributed by atoms with van der Waals surface area (Å²) in [6.45, 7) is 6.58. The Hall–Kier alpha value is -8.46. The maximum absolute atomic E-state index is 5.34. The lowest BCUT2D eigenvalue weighted by Crippen LogP contribution is -2.43. The van der Waals surface area contributed by atoms with Gasteiger partial charge in [0.05, 0.1) is 22.2 Å². The van der Waals surface area contributed by atoms with Crippen molar-refractivity contribution in [3.05, 3.63) is 288 Å². The Kier molecular flexibility index (Phi) is 8.75. The van der Waals surface area contributed by atoms with Gasteiger partial charge in [-0.1, -0.05) is 225 Å². The Morgan fingerprint density at radius 2 is 0.896 bits per heavy atom.